The Morgan fingerprint density at radius 1 is 1.62 bits per heavy atom. The van der Waals surface area contributed by atoms with Crippen LogP contribution >= 0.6 is 11.6 Å². The van der Waals surface area contributed by atoms with Crippen molar-refractivity contribution in [3.63, 3.8) is 0 Å². The van der Waals surface area contributed by atoms with Crippen molar-refractivity contribution in [3.8, 4) is 0 Å². The van der Waals surface area contributed by atoms with Crippen LogP contribution in [0.25, 0.3) is 0 Å². The zero-order valence-electron chi connectivity index (χ0n) is 9.35. The minimum absolute atomic E-state index is 0.230. The molecule has 0 N–H and O–H groups in total. The van der Waals surface area contributed by atoms with Gasteiger partial charge in [0.15, 0.2) is 9.84 Å². The van der Waals surface area contributed by atoms with Crippen LogP contribution in [-0.2, 0) is 19.4 Å². The molecule has 0 saturated carbocycles. The molecule has 1 aliphatic rings. The average Bonchev–Trinajstić information content (AvgIpc) is 2.25. The van der Waals surface area contributed by atoms with Gasteiger partial charge in [-0.2, -0.15) is 0 Å². The van der Waals surface area contributed by atoms with E-state index in [1.807, 2.05) is 0 Å². The lowest BCUT2D eigenvalue weighted by molar-refractivity contribution is -0.138. The first kappa shape index (κ1) is 13.7. The predicted octanol–water partition coefficient (Wildman–Crippen LogP) is -0.114. The summed E-state index contributed by atoms with van der Waals surface area (Å²) in [6.07, 6.45) is 1.06. The number of alkyl halides is 1. The van der Waals surface area contributed by atoms with Crippen molar-refractivity contribution >= 4 is 27.3 Å². The summed E-state index contributed by atoms with van der Waals surface area (Å²) in [6.45, 7) is 2.59. The van der Waals surface area contributed by atoms with Gasteiger partial charge in [0.2, 0.25) is 5.91 Å². The molecule has 1 fully saturated rings. The molecule has 5 nitrogen and oxygen atoms in total. The minimum atomic E-state index is -3.36. The number of hydrogen-bond acceptors (Lipinski definition) is 4. The van der Waals surface area contributed by atoms with Crippen molar-refractivity contribution in [1.29, 1.82) is 0 Å². The Morgan fingerprint density at radius 2 is 2.25 bits per heavy atom. The lowest BCUT2D eigenvalue weighted by atomic mass is 10.2. The number of nitrogens with zero attached hydrogens (tertiary/aromatic N) is 1. The fourth-order valence-corrected chi connectivity index (χ4v) is 2.25. The maximum Gasteiger partial charge on any atom is 0.241 e. The third-order valence-corrected chi connectivity index (χ3v) is 4.52. The van der Waals surface area contributed by atoms with Crippen LogP contribution in [0.3, 0.4) is 0 Å². The highest BCUT2D eigenvalue weighted by atomic mass is 35.5. The predicted molar refractivity (Wildman–Crippen MR) is 61.3 cm³/mol. The molecule has 0 aromatic carbocycles. The van der Waals surface area contributed by atoms with E-state index in [0.717, 1.165) is 6.26 Å². The number of amides is 1. The molecule has 0 radical (unpaired) electrons. The van der Waals surface area contributed by atoms with Crippen LogP contribution in [0.15, 0.2) is 0 Å². The fourth-order valence-electron chi connectivity index (χ4n) is 1.49. The molecule has 94 valence electrons. The number of ether oxygens (including phenoxy) is 1. The van der Waals surface area contributed by atoms with Crippen LogP contribution < -0.4 is 0 Å². The number of rotatable bonds is 3. The molecule has 16 heavy (non-hydrogen) atoms. The summed E-state index contributed by atoms with van der Waals surface area (Å²) >= 11 is 5.71. The van der Waals surface area contributed by atoms with Crippen molar-refractivity contribution < 1.29 is 17.9 Å². The Balaban J connectivity index is 2.79. The maximum atomic E-state index is 11.9. The van der Waals surface area contributed by atoms with Gasteiger partial charge < -0.3 is 9.64 Å². The summed E-state index contributed by atoms with van der Waals surface area (Å²) in [4.78, 5) is 13.4. The quantitative estimate of drug-likeness (QED) is 0.671. The van der Waals surface area contributed by atoms with Gasteiger partial charge in [0, 0.05) is 18.7 Å². The molecular weight excluding hydrogens is 254 g/mol. The van der Waals surface area contributed by atoms with Gasteiger partial charge in [-0.05, 0) is 6.92 Å². The molecule has 0 aliphatic carbocycles. The van der Waals surface area contributed by atoms with Crippen LogP contribution in [-0.4, -0.2) is 62.4 Å². The molecule has 1 heterocycles. The van der Waals surface area contributed by atoms with Crippen LogP contribution in [0, 0.1) is 0 Å². The summed E-state index contributed by atoms with van der Waals surface area (Å²) < 4.78 is 27.8. The van der Waals surface area contributed by atoms with Gasteiger partial charge in [-0.3, -0.25) is 4.79 Å². The summed E-state index contributed by atoms with van der Waals surface area (Å²) in [5.74, 6) is -0.140. The second-order valence-electron chi connectivity index (χ2n) is 3.89. The zero-order valence-corrected chi connectivity index (χ0v) is 10.9. The van der Waals surface area contributed by atoms with Gasteiger partial charge in [0.25, 0.3) is 0 Å². The van der Waals surface area contributed by atoms with Gasteiger partial charge in [0.05, 0.1) is 19.3 Å². The van der Waals surface area contributed by atoms with E-state index >= 15 is 0 Å². The highest BCUT2D eigenvalue weighted by Gasteiger charge is 2.33. The first-order chi connectivity index (χ1) is 7.38. The number of carbonyl (C=O) groups is 1. The molecule has 0 aromatic rings. The molecule has 0 spiro atoms. The van der Waals surface area contributed by atoms with Crippen molar-refractivity contribution in [3.05, 3.63) is 0 Å². The van der Waals surface area contributed by atoms with Crippen molar-refractivity contribution in [1.82, 2.24) is 4.90 Å². The molecule has 1 amide bonds. The first-order valence-corrected chi connectivity index (χ1v) is 7.50. The van der Waals surface area contributed by atoms with E-state index < -0.39 is 21.0 Å². The van der Waals surface area contributed by atoms with Gasteiger partial charge in [-0.15, -0.1) is 11.6 Å². The molecular formula is C9H16ClNO4S. The minimum Gasteiger partial charge on any atom is -0.377 e. The second-order valence-corrected chi connectivity index (χ2v) is 6.56. The molecule has 2 unspecified atom stereocenters. The van der Waals surface area contributed by atoms with E-state index in [2.05, 4.69) is 0 Å². The lowest BCUT2D eigenvalue weighted by Crippen LogP contribution is -2.53. The average molecular weight is 270 g/mol. The summed E-state index contributed by atoms with van der Waals surface area (Å²) in [6, 6.07) is -0.230. The SMILES string of the molecule is CC(C(=O)N1CCOCC1CCl)S(C)(=O)=O. The van der Waals surface area contributed by atoms with E-state index in [0.29, 0.717) is 19.8 Å². The maximum absolute atomic E-state index is 11.9. The van der Waals surface area contributed by atoms with Gasteiger partial charge in [-0.1, -0.05) is 0 Å². The van der Waals surface area contributed by atoms with Gasteiger partial charge in [0.1, 0.15) is 5.25 Å². The van der Waals surface area contributed by atoms with E-state index in [4.69, 9.17) is 16.3 Å². The molecule has 1 rings (SSSR count). The molecule has 2 atom stereocenters. The highest BCUT2D eigenvalue weighted by Crippen LogP contribution is 2.13. The van der Waals surface area contributed by atoms with Crippen LogP contribution in [0.4, 0.5) is 0 Å². The van der Waals surface area contributed by atoms with E-state index in [1.54, 1.807) is 0 Å². The largest absolute Gasteiger partial charge is 0.377 e. The number of hydrogen-bond donors (Lipinski definition) is 0. The third-order valence-electron chi connectivity index (χ3n) is 2.68. The normalized spacial score (nSPS) is 24.2. The van der Waals surface area contributed by atoms with Crippen molar-refractivity contribution in [2.45, 2.75) is 18.2 Å². The Kier molecular flexibility index (Phi) is 4.58. The van der Waals surface area contributed by atoms with E-state index in [9.17, 15) is 13.2 Å². The number of halogens is 1. The highest BCUT2D eigenvalue weighted by molar-refractivity contribution is 7.92. The summed E-state index contributed by atoms with van der Waals surface area (Å²) in [5, 5.41) is -1.02. The number of sulfone groups is 1. The Morgan fingerprint density at radius 3 is 2.75 bits per heavy atom. The summed E-state index contributed by atoms with van der Waals surface area (Å²) in [5.41, 5.74) is 0. The smallest absolute Gasteiger partial charge is 0.241 e. The van der Waals surface area contributed by atoms with Crippen LogP contribution in [0.1, 0.15) is 6.92 Å². The first-order valence-electron chi connectivity index (χ1n) is 5.01. The zero-order chi connectivity index (χ0) is 12.3. The molecule has 0 bridgehead atoms. The monoisotopic (exact) mass is 269 g/mol. The van der Waals surface area contributed by atoms with E-state index in [-0.39, 0.29) is 11.9 Å². The van der Waals surface area contributed by atoms with Crippen molar-refractivity contribution in [2.24, 2.45) is 0 Å². The molecule has 0 aromatic heterocycles. The van der Waals surface area contributed by atoms with Gasteiger partial charge in [-0.25, -0.2) is 8.42 Å². The number of morpholine rings is 1. The lowest BCUT2D eigenvalue weighted by Gasteiger charge is -2.35. The Labute approximate surface area is 101 Å². The summed E-state index contributed by atoms with van der Waals surface area (Å²) in [7, 11) is -3.36. The van der Waals surface area contributed by atoms with Crippen LogP contribution in [0.5, 0.6) is 0 Å². The topological polar surface area (TPSA) is 63.7 Å². The Hall–Kier alpha value is -0.330. The van der Waals surface area contributed by atoms with Crippen molar-refractivity contribution in [2.75, 3.05) is 31.9 Å². The van der Waals surface area contributed by atoms with E-state index in [1.165, 1.54) is 11.8 Å². The Bertz CT molecular complexity index is 357. The third kappa shape index (κ3) is 3.09. The molecule has 7 heteroatoms. The second kappa shape index (κ2) is 5.33. The molecule has 1 aliphatic heterocycles. The van der Waals surface area contributed by atoms with Crippen LogP contribution in [0.2, 0.25) is 0 Å². The fraction of sp³-hybridized carbons (Fsp3) is 0.889. The number of carbonyl (C=O) groups excluding carboxylic acids is 1. The standard InChI is InChI=1S/C9H16ClNO4S/c1-7(16(2,13)14)9(12)11-3-4-15-6-8(11)5-10/h7-8H,3-6H2,1-2H3. The molecule has 1 saturated heterocycles. The van der Waals surface area contributed by atoms with Gasteiger partial charge >= 0.3 is 0 Å².